The number of carboxylic acids is 1. The number of carbonyl (C=O) groups excluding carboxylic acids is 1. The first-order valence-electron chi connectivity index (χ1n) is 6.40. The predicted molar refractivity (Wildman–Crippen MR) is 70.3 cm³/mol. The number of hydrogen-bond acceptors (Lipinski definition) is 7. The maximum Gasteiger partial charge on any atom is 0.248 e. The molecule has 1 aliphatic rings. The number of rotatable bonds is 4. The average Bonchev–Trinajstić information content (AvgIpc) is 2.95. The molecule has 1 N–H and O–H groups in total. The lowest BCUT2D eigenvalue weighted by molar-refractivity contribution is -0.299. The first kappa shape index (κ1) is 13.1. The molecular formula is C13H12N5O3-. The van der Waals surface area contributed by atoms with Crippen molar-refractivity contribution in [2.45, 2.75) is 13.0 Å². The van der Waals surface area contributed by atoms with Crippen molar-refractivity contribution in [2.24, 2.45) is 0 Å². The van der Waals surface area contributed by atoms with Crippen LogP contribution < -0.4 is 15.2 Å². The molecule has 0 radical (unpaired) electrons. The van der Waals surface area contributed by atoms with Crippen LogP contribution in [0.5, 0.6) is 5.75 Å². The van der Waals surface area contributed by atoms with E-state index < -0.39 is 12.0 Å². The highest BCUT2D eigenvalue weighted by Crippen LogP contribution is 2.28. The van der Waals surface area contributed by atoms with E-state index in [4.69, 9.17) is 4.74 Å². The van der Waals surface area contributed by atoms with Gasteiger partial charge in [-0.2, -0.15) is 4.68 Å². The van der Waals surface area contributed by atoms with Crippen LogP contribution in [0.1, 0.15) is 18.5 Å². The van der Waals surface area contributed by atoms with Gasteiger partial charge in [0.15, 0.2) is 0 Å². The van der Waals surface area contributed by atoms with Gasteiger partial charge >= 0.3 is 0 Å². The van der Waals surface area contributed by atoms with E-state index >= 15 is 0 Å². The van der Waals surface area contributed by atoms with Crippen molar-refractivity contribution in [3.05, 3.63) is 41.6 Å². The Hall–Kier alpha value is -2.90. The first-order chi connectivity index (χ1) is 10.2. The smallest absolute Gasteiger partial charge is 0.248 e. The number of carbonyl (C=O) groups is 1. The minimum Gasteiger partial charge on any atom is -0.543 e. The molecule has 0 amide bonds. The van der Waals surface area contributed by atoms with E-state index in [-0.39, 0.29) is 11.6 Å². The van der Waals surface area contributed by atoms with Crippen LogP contribution in [0.15, 0.2) is 36.0 Å². The van der Waals surface area contributed by atoms with Crippen molar-refractivity contribution in [1.82, 2.24) is 20.2 Å². The average molecular weight is 286 g/mol. The second-order valence-electron chi connectivity index (χ2n) is 4.39. The fourth-order valence-corrected chi connectivity index (χ4v) is 2.14. The number of ether oxygens (including phenoxy) is 1. The molecule has 108 valence electrons. The van der Waals surface area contributed by atoms with E-state index in [1.54, 1.807) is 0 Å². The lowest BCUT2D eigenvalue weighted by Gasteiger charge is -2.23. The van der Waals surface area contributed by atoms with Crippen LogP contribution >= 0.6 is 0 Å². The van der Waals surface area contributed by atoms with Crippen LogP contribution in [0, 0.1) is 0 Å². The number of nitrogens with zero attached hydrogens (tertiary/aromatic N) is 4. The number of tetrazole rings is 1. The zero-order valence-electron chi connectivity index (χ0n) is 11.2. The summed E-state index contributed by atoms with van der Waals surface area (Å²) in [6.07, 6.45) is 1.51. The minimum atomic E-state index is -1.31. The summed E-state index contributed by atoms with van der Waals surface area (Å²) >= 11 is 0. The highest BCUT2D eigenvalue weighted by atomic mass is 16.5. The molecule has 21 heavy (non-hydrogen) atoms. The Morgan fingerprint density at radius 1 is 1.43 bits per heavy atom. The van der Waals surface area contributed by atoms with Gasteiger partial charge in [-0.05, 0) is 41.1 Å². The number of hydrogen-bond donors (Lipinski definition) is 1. The molecule has 2 heterocycles. The Morgan fingerprint density at radius 2 is 2.19 bits per heavy atom. The number of carboxylic acid groups (broad SMARTS) is 1. The van der Waals surface area contributed by atoms with Gasteiger partial charge in [0.2, 0.25) is 5.95 Å². The van der Waals surface area contributed by atoms with E-state index in [1.165, 1.54) is 10.8 Å². The van der Waals surface area contributed by atoms with E-state index in [2.05, 4.69) is 20.8 Å². The van der Waals surface area contributed by atoms with Gasteiger partial charge in [-0.25, -0.2) is 0 Å². The zero-order valence-corrected chi connectivity index (χ0v) is 11.2. The van der Waals surface area contributed by atoms with Crippen LogP contribution in [0.4, 0.5) is 5.95 Å². The Morgan fingerprint density at radius 3 is 2.86 bits per heavy atom. The van der Waals surface area contributed by atoms with Gasteiger partial charge in [-0.3, -0.25) is 0 Å². The predicted octanol–water partition coefficient (Wildman–Crippen LogP) is -0.280. The number of anilines is 1. The van der Waals surface area contributed by atoms with Crippen LogP contribution in [0.25, 0.3) is 0 Å². The van der Waals surface area contributed by atoms with Gasteiger partial charge < -0.3 is 20.0 Å². The molecule has 1 atom stereocenters. The van der Waals surface area contributed by atoms with Gasteiger partial charge in [0.05, 0.1) is 18.3 Å². The van der Waals surface area contributed by atoms with Crippen LogP contribution in [-0.4, -0.2) is 32.8 Å². The molecule has 2 aromatic rings. The number of aromatic nitrogens is 4. The summed E-state index contributed by atoms with van der Waals surface area (Å²) in [6.45, 7) is 2.49. The number of aliphatic carboxylic acids is 1. The molecule has 0 unspecified atom stereocenters. The highest BCUT2D eigenvalue weighted by molar-refractivity contribution is 5.88. The molecular weight excluding hydrogens is 274 g/mol. The Labute approximate surface area is 120 Å². The maximum atomic E-state index is 11.1. The van der Waals surface area contributed by atoms with Crippen molar-refractivity contribution in [1.29, 1.82) is 0 Å². The van der Waals surface area contributed by atoms with Gasteiger partial charge in [0.1, 0.15) is 11.8 Å². The fourth-order valence-electron chi connectivity index (χ4n) is 2.14. The minimum absolute atomic E-state index is 0.0591. The zero-order chi connectivity index (χ0) is 14.8. The van der Waals surface area contributed by atoms with Crippen molar-refractivity contribution in [3.63, 3.8) is 0 Å². The summed E-state index contributed by atoms with van der Waals surface area (Å²) in [4.78, 5) is 11.1. The summed E-state index contributed by atoms with van der Waals surface area (Å²) in [5.74, 6) is -0.299. The SMILES string of the molecule is CCOc1ccc([C@H]2C=C(C(=O)[O-])Nc3nnnn32)cc1. The molecule has 3 rings (SSSR count). The molecule has 0 saturated heterocycles. The molecule has 8 heteroatoms. The third kappa shape index (κ3) is 2.42. The van der Waals surface area contributed by atoms with Crippen molar-refractivity contribution in [3.8, 4) is 5.75 Å². The molecule has 0 fully saturated rings. The quantitative estimate of drug-likeness (QED) is 0.824. The van der Waals surface area contributed by atoms with Gasteiger partial charge in [-0.15, -0.1) is 0 Å². The number of benzene rings is 1. The van der Waals surface area contributed by atoms with E-state index in [9.17, 15) is 9.90 Å². The third-order valence-electron chi connectivity index (χ3n) is 3.08. The monoisotopic (exact) mass is 286 g/mol. The molecule has 0 aliphatic carbocycles. The second kappa shape index (κ2) is 5.23. The lowest BCUT2D eigenvalue weighted by atomic mass is 10.0. The molecule has 0 saturated carbocycles. The van der Waals surface area contributed by atoms with Crippen molar-refractivity contribution < 1.29 is 14.6 Å². The molecule has 1 aliphatic heterocycles. The normalized spacial score (nSPS) is 16.6. The molecule has 1 aromatic carbocycles. The largest absolute Gasteiger partial charge is 0.543 e. The van der Waals surface area contributed by atoms with Crippen LogP contribution in [-0.2, 0) is 4.79 Å². The van der Waals surface area contributed by atoms with E-state index in [0.717, 1.165) is 11.3 Å². The fraction of sp³-hybridized carbons (Fsp3) is 0.231. The van der Waals surface area contributed by atoms with E-state index in [1.807, 2.05) is 31.2 Å². The molecule has 0 bridgehead atoms. The molecule has 0 spiro atoms. The summed E-state index contributed by atoms with van der Waals surface area (Å²) in [7, 11) is 0. The standard InChI is InChI=1S/C13H13N5O3/c1-2-21-9-5-3-8(4-6-9)11-7-10(12(19)20)14-13-15-16-17-18(11)13/h3-7,11H,2H2,1H3,(H,19,20)(H,14,15,17)/p-1/t11-/m1/s1. The van der Waals surface area contributed by atoms with Gasteiger partial charge in [-0.1, -0.05) is 17.2 Å². The highest BCUT2D eigenvalue weighted by Gasteiger charge is 2.23. The Kier molecular flexibility index (Phi) is 3.27. The van der Waals surface area contributed by atoms with Crippen molar-refractivity contribution in [2.75, 3.05) is 11.9 Å². The van der Waals surface area contributed by atoms with Gasteiger partial charge in [0.25, 0.3) is 0 Å². The molecule has 1 aromatic heterocycles. The lowest BCUT2D eigenvalue weighted by Crippen LogP contribution is -2.32. The van der Waals surface area contributed by atoms with Gasteiger partial charge in [0, 0.05) is 0 Å². The van der Waals surface area contributed by atoms with Crippen LogP contribution in [0.3, 0.4) is 0 Å². The van der Waals surface area contributed by atoms with Crippen LogP contribution in [0.2, 0.25) is 0 Å². The summed E-state index contributed by atoms with van der Waals surface area (Å²) in [5.41, 5.74) is 0.781. The number of fused-ring (bicyclic) bond motifs is 1. The second-order valence-corrected chi connectivity index (χ2v) is 4.39. The first-order valence-corrected chi connectivity index (χ1v) is 6.40. The van der Waals surface area contributed by atoms with Crippen molar-refractivity contribution >= 4 is 11.9 Å². The summed E-state index contributed by atoms with van der Waals surface area (Å²) < 4.78 is 6.89. The topological polar surface area (TPSA) is 105 Å². The number of allylic oxidation sites excluding steroid dienone is 1. The maximum absolute atomic E-state index is 11.1. The molecule has 8 nitrogen and oxygen atoms in total. The Balaban J connectivity index is 1.98. The van der Waals surface area contributed by atoms with E-state index in [0.29, 0.717) is 6.61 Å². The Bertz CT molecular complexity index is 692. The summed E-state index contributed by atoms with van der Waals surface area (Å²) in [6, 6.07) is 6.90. The number of nitrogens with one attached hydrogen (secondary N) is 1. The third-order valence-corrected chi connectivity index (χ3v) is 3.08. The summed E-state index contributed by atoms with van der Waals surface area (Å²) in [5, 5.41) is 24.8.